The molecule has 0 unspecified atom stereocenters. The Balaban J connectivity index is 1.56. The van der Waals surface area contributed by atoms with Gasteiger partial charge < -0.3 is 10.3 Å². The molecular formula is C16H13ClN4O3S. The van der Waals surface area contributed by atoms with Gasteiger partial charge in [-0.05, 0) is 24.3 Å². The van der Waals surface area contributed by atoms with Gasteiger partial charge in [0.25, 0.3) is 5.69 Å². The van der Waals surface area contributed by atoms with Crippen molar-refractivity contribution in [2.75, 3.05) is 11.1 Å². The number of nitrogens with zero attached hydrogens (tertiary/aromatic N) is 2. The first-order valence-electron chi connectivity index (χ1n) is 7.34. The highest BCUT2D eigenvalue weighted by atomic mass is 35.5. The number of nitrogens with one attached hydrogen (secondary N) is 2. The third-order valence-corrected chi connectivity index (χ3v) is 4.48. The summed E-state index contributed by atoms with van der Waals surface area (Å²) in [6.07, 6.45) is 0.203. The Morgan fingerprint density at radius 2 is 2.12 bits per heavy atom. The van der Waals surface area contributed by atoms with Crippen molar-refractivity contribution in [2.24, 2.45) is 0 Å². The summed E-state index contributed by atoms with van der Waals surface area (Å²) in [5.41, 5.74) is 1.70. The lowest BCUT2D eigenvalue weighted by molar-refractivity contribution is -0.383. The van der Waals surface area contributed by atoms with E-state index in [0.29, 0.717) is 15.9 Å². The number of carbonyl (C=O) groups excluding carboxylic acids is 1. The fraction of sp³-hybridized carbons (Fsp3) is 0.125. The standard InChI is InChI=1S/C16H13ClN4O3S/c17-10-5-6-11-13(9-10)20-16(19-11)25-8-7-15(22)18-12-3-1-2-4-14(12)21(23)24/h1-6,9H,7-8H2,(H,18,22)(H,19,20). The molecule has 0 bridgehead atoms. The van der Waals surface area contributed by atoms with Crippen LogP contribution in [0.4, 0.5) is 11.4 Å². The summed E-state index contributed by atoms with van der Waals surface area (Å²) in [6, 6.07) is 11.4. The number of H-pyrrole nitrogens is 1. The second kappa shape index (κ2) is 7.54. The first kappa shape index (κ1) is 17.2. The molecule has 0 radical (unpaired) electrons. The van der Waals surface area contributed by atoms with Gasteiger partial charge in [-0.2, -0.15) is 0 Å². The second-order valence-electron chi connectivity index (χ2n) is 5.12. The molecule has 0 aliphatic carbocycles. The molecule has 0 saturated heterocycles. The smallest absolute Gasteiger partial charge is 0.292 e. The number of fused-ring (bicyclic) bond motifs is 1. The number of rotatable bonds is 6. The van der Waals surface area contributed by atoms with E-state index in [9.17, 15) is 14.9 Å². The molecule has 25 heavy (non-hydrogen) atoms. The van der Waals surface area contributed by atoms with Gasteiger partial charge in [-0.25, -0.2) is 4.98 Å². The number of benzene rings is 2. The predicted molar refractivity (Wildman–Crippen MR) is 98.2 cm³/mol. The van der Waals surface area contributed by atoms with E-state index in [1.807, 2.05) is 6.07 Å². The van der Waals surface area contributed by atoms with Crippen LogP contribution in [0.1, 0.15) is 6.42 Å². The maximum absolute atomic E-state index is 12.0. The molecule has 0 aliphatic rings. The molecule has 0 fully saturated rings. The Labute approximate surface area is 151 Å². The summed E-state index contributed by atoms with van der Waals surface area (Å²) < 4.78 is 0. The maximum Gasteiger partial charge on any atom is 0.292 e. The van der Waals surface area contributed by atoms with Gasteiger partial charge in [0, 0.05) is 23.3 Å². The first-order valence-corrected chi connectivity index (χ1v) is 8.70. The van der Waals surface area contributed by atoms with Gasteiger partial charge >= 0.3 is 0 Å². The zero-order chi connectivity index (χ0) is 17.8. The van der Waals surface area contributed by atoms with Crippen molar-refractivity contribution >= 4 is 51.7 Å². The number of aromatic amines is 1. The molecule has 0 atom stereocenters. The van der Waals surface area contributed by atoms with Crippen LogP contribution in [-0.2, 0) is 4.79 Å². The maximum atomic E-state index is 12.0. The van der Waals surface area contributed by atoms with Crippen LogP contribution in [0.5, 0.6) is 0 Å². The van der Waals surface area contributed by atoms with Crippen molar-refractivity contribution in [3.63, 3.8) is 0 Å². The van der Waals surface area contributed by atoms with E-state index in [2.05, 4.69) is 15.3 Å². The van der Waals surface area contributed by atoms with Gasteiger partial charge in [-0.3, -0.25) is 14.9 Å². The highest BCUT2D eigenvalue weighted by Gasteiger charge is 2.14. The Kier molecular flexibility index (Phi) is 5.20. The molecule has 2 aromatic carbocycles. The highest BCUT2D eigenvalue weighted by Crippen LogP contribution is 2.25. The number of amides is 1. The summed E-state index contributed by atoms with van der Waals surface area (Å²) in [5.74, 6) is 0.195. The number of hydrogen-bond acceptors (Lipinski definition) is 5. The number of aromatic nitrogens is 2. The van der Waals surface area contributed by atoms with Crippen LogP contribution in [-0.4, -0.2) is 26.6 Å². The van der Waals surface area contributed by atoms with Crippen molar-refractivity contribution in [2.45, 2.75) is 11.6 Å². The topological polar surface area (TPSA) is 101 Å². The van der Waals surface area contributed by atoms with E-state index < -0.39 is 4.92 Å². The number of nitro benzene ring substituents is 1. The summed E-state index contributed by atoms with van der Waals surface area (Å²) >= 11 is 7.33. The number of anilines is 1. The van der Waals surface area contributed by atoms with E-state index in [1.165, 1.54) is 23.9 Å². The zero-order valence-electron chi connectivity index (χ0n) is 12.9. The van der Waals surface area contributed by atoms with E-state index in [1.54, 1.807) is 24.3 Å². The minimum absolute atomic E-state index is 0.127. The van der Waals surface area contributed by atoms with Crippen LogP contribution in [0.15, 0.2) is 47.6 Å². The molecule has 0 saturated carbocycles. The van der Waals surface area contributed by atoms with Crippen LogP contribution < -0.4 is 5.32 Å². The predicted octanol–water partition coefficient (Wildman–Crippen LogP) is 4.25. The number of para-hydroxylation sites is 2. The molecule has 128 valence electrons. The lowest BCUT2D eigenvalue weighted by atomic mass is 10.2. The van der Waals surface area contributed by atoms with Gasteiger partial charge in [0.2, 0.25) is 5.91 Å². The average Bonchev–Trinajstić information content (AvgIpc) is 2.96. The van der Waals surface area contributed by atoms with E-state index in [0.717, 1.165) is 11.0 Å². The molecule has 3 aromatic rings. The Morgan fingerprint density at radius 3 is 2.92 bits per heavy atom. The van der Waals surface area contributed by atoms with Crippen LogP contribution >= 0.6 is 23.4 Å². The fourth-order valence-corrected chi connectivity index (χ4v) is 3.22. The fourth-order valence-electron chi connectivity index (χ4n) is 2.22. The van der Waals surface area contributed by atoms with Crippen molar-refractivity contribution in [3.8, 4) is 0 Å². The summed E-state index contributed by atoms with van der Waals surface area (Å²) in [6.45, 7) is 0. The summed E-state index contributed by atoms with van der Waals surface area (Å²) in [5, 5.41) is 14.8. The van der Waals surface area contributed by atoms with Gasteiger partial charge in [-0.1, -0.05) is 35.5 Å². The summed E-state index contributed by atoms with van der Waals surface area (Å²) in [4.78, 5) is 29.9. The van der Waals surface area contributed by atoms with E-state index in [-0.39, 0.29) is 23.7 Å². The molecule has 9 heteroatoms. The monoisotopic (exact) mass is 376 g/mol. The van der Waals surface area contributed by atoms with Crippen molar-refractivity contribution in [1.29, 1.82) is 0 Å². The normalized spacial score (nSPS) is 10.8. The number of imidazole rings is 1. The number of thioether (sulfide) groups is 1. The van der Waals surface area contributed by atoms with Crippen LogP contribution in [0.2, 0.25) is 5.02 Å². The van der Waals surface area contributed by atoms with E-state index in [4.69, 9.17) is 11.6 Å². The van der Waals surface area contributed by atoms with Crippen LogP contribution in [0.3, 0.4) is 0 Å². The number of hydrogen-bond donors (Lipinski definition) is 2. The molecule has 0 aliphatic heterocycles. The lowest BCUT2D eigenvalue weighted by Crippen LogP contribution is -2.13. The molecule has 1 heterocycles. The highest BCUT2D eigenvalue weighted by molar-refractivity contribution is 7.99. The van der Waals surface area contributed by atoms with Crippen LogP contribution in [0, 0.1) is 10.1 Å². The average molecular weight is 377 g/mol. The van der Waals surface area contributed by atoms with Gasteiger partial charge in [0.15, 0.2) is 5.16 Å². The molecule has 0 spiro atoms. The first-order chi connectivity index (χ1) is 12.0. The minimum Gasteiger partial charge on any atom is -0.333 e. The zero-order valence-corrected chi connectivity index (χ0v) is 14.4. The number of nitro groups is 1. The van der Waals surface area contributed by atoms with Crippen molar-refractivity contribution in [1.82, 2.24) is 9.97 Å². The number of carbonyl (C=O) groups is 1. The van der Waals surface area contributed by atoms with Gasteiger partial charge in [0.1, 0.15) is 5.69 Å². The van der Waals surface area contributed by atoms with Crippen LogP contribution in [0.25, 0.3) is 11.0 Å². The third-order valence-electron chi connectivity index (χ3n) is 3.36. The third kappa shape index (κ3) is 4.28. The largest absolute Gasteiger partial charge is 0.333 e. The molecule has 1 amide bonds. The molecule has 3 rings (SSSR count). The SMILES string of the molecule is O=C(CCSc1nc2ccc(Cl)cc2[nH]1)Nc1ccccc1[N+](=O)[O-]. The Bertz CT molecular complexity index is 944. The van der Waals surface area contributed by atoms with Crippen molar-refractivity contribution < 1.29 is 9.72 Å². The molecule has 1 aromatic heterocycles. The minimum atomic E-state index is -0.524. The Morgan fingerprint density at radius 1 is 1.32 bits per heavy atom. The molecule has 7 nitrogen and oxygen atoms in total. The quantitative estimate of drug-likeness (QED) is 0.380. The lowest BCUT2D eigenvalue weighted by Gasteiger charge is -2.05. The second-order valence-corrected chi connectivity index (χ2v) is 6.64. The van der Waals surface area contributed by atoms with Gasteiger partial charge in [-0.15, -0.1) is 0 Å². The van der Waals surface area contributed by atoms with E-state index >= 15 is 0 Å². The van der Waals surface area contributed by atoms with Crippen molar-refractivity contribution in [3.05, 3.63) is 57.6 Å². The molecule has 2 N–H and O–H groups in total. The summed E-state index contributed by atoms with van der Waals surface area (Å²) in [7, 11) is 0. The Hall–Kier alpha value is -2.58. The molecular weight excluding hydrogens is 364 g/mol. The number of halogens is 1. The van der Waals surface area contributed by atoms with Gasteiger partial charge in [0.05, 0.1) is 16.0 Å².